The summed E-state index contributed by atoms with van der Waals surface area (Å²) in [6, 6.07) is 1.95. The zero-order valence-corrected chi connectivity index (χ0v) is 14.2. The molecule has 1 aromatic heterocycles. The monoisotopic (exact) mass is 337 g/mol. The Balaban J connectivity index is 1.73. The van der Waals surface area contributed by atoms with Crippen LogP contribution in [0, 0.1) is 0 Å². The minimum atomic E-state index is -0.0387. The lowest BCUT2D eigenvalue weighted by atomic mass is 10.1. The van der Waals surface area contributed by atoms with E-state index in [-0.39, 0.29) is 24.2 Å². The number of carbonyl (C=O) groups excluding carboxylic acids is 1. The molecule has 126 valence electrons. The Morgan fingerprint density at radius 3 is 3.22 bits per heavy atom. The predicted molar refractivity (Wildman–Crippen MR) is 89.2 cm³/mol. The highest BCUT2D eigenvalue weighted by Gasteiger charge is 2.45. The average molecular weight is 337 g/mol. The molecule has 1 saturated heterocycles. The van der Waals surface area contributed by atoms with E-state index >= 15 is 0 Å². The van der Waals surface area contributed by atoms with Gasteiger partial charge in [0.25, 0.3) is 5.91 Å². The largest absolute Gasteiger partial charge is 0.492 e. The van der Waals surface area contributed by atoms with Crippen LogP contribution in [0.25, 0.3) is 0 Å². The third kappa shape index (κ3) is 3.29. The van der Waals surface area contributed by atoms with Crippen LogP contribution in [0.1, 0.15) is 29.4 Å². The summed E-state index contributed by atoms with van der Waals surface area (Å²) in [4.78, 5) is 15.6. The minimum absolute atomic E-state index is 0.0387. The van der Waals surface area contributed by atoms with E-state index in [9.17, 15) is 4.79 Å². The van der Waals surface area contributed by atoms with Crippen LogP contribution in [0.3, 0.4) is 0 Å². The summed E-state index contributed by atoms with van der Waals surface area (Å²) in [6.45, 7) is 7.86. The summed E-state index contributed by atoms with van der Waals surface area (Å²) in [6.07, 6.45) is 3.58. The van der Waals surface area contributed by atoms with Gasteiger partial charge in [-0.1, -0.05) is 6.08 Å². The molecule has 5 nitrogen and oxygen atoms in total. The molecule has 1 aliphatic carbocycles. The Morgan fingerprint density at radius 1 is 1.57 bits per heavy atom. The lowest BCUT2D eigenvalue weighted by Gasteiger charge is -2.38. The van der Waals surface area contributed by atoms with Gasteiger partial charge in [-0.2, -0.15) is 0 Å². The fourth-order valence-corrected chi connectivity index (χ4v) is 4.18. The molecule has 1 aliphatic heterocycles. The van der Waals surface area contributed by atoms with Gasteiger partial charge in [0.15, 0.2) is 0 Å². The Morgan fingerprint density at radius 2 is 2.43 bits per heavy atom. The lowest BCUT2D eigenvalue weighted by Crippen LogP contribution is -2.53. The third-order valence-electron chi connectivity index (χ3n) is 4.35. The molecule has 1 saturated carbocycles. The maximum absolute atomic E-state index is 13.0. The first kappa shape index (κ1) is 16.5. The number of ether oxygens (including phenoxy) is 3. The van der Waals surface area contributed by atoms with Crippen LogP contribution in [0.15, 0.2) is 24.1 Å². The van der Waals surface area contributed by atoms with Crippen LogP contribution in [-0.2, 0) is 9.47 Å². The van der Waals surface area contributed by atoms with Crippen LogP contribution >= 0.6 is 11.3 Å². The van der Waals surface area contributed by atoms with Gasteiger partial charge in [-0.05, 0) is 31.2 Å². The molecule has 6 heteroatoms. The second-order valence-electron chi connectivity index (χ2n) is 5.69. The number of nitrogens with zero attached hydrogens (tertiary/aromatic N) is 1. The van der Waals surface area contributed by atoms with E-state index in [1.165, 1.54) is 11.3 Å². The first-order valence-corrected chi connectivity index (χ1v) is 8.99. The fourth-order valence-electron chi connectivity index (χ4n) is 3.39. The molecule has 3 atom stereocenters. The van der Waals surface area contributed by atoms with Crippen LogP contribution in [0.5, 0.6) is 5.75 Å². The van der Waals surface area contributed by atoms with Gasteiger partial charge in [0, 0.05) is 6.54 Å². The molecule has 2 aliphatic rings. The van der Waals surface area contributed by atoms with Crippen molar-refractivity contribution in [2.75, 3.05) is 26.4 Å². The van der Waals surface area contributed by atoms with E-state index < -0.39 is 0 Å². The van der Waals surface area contributed by atoms with Crippen molar-refractivity contribution in [3.05, 3.63) is 29.0 Å². The van der Waals surface area contributed by atoms with Gasteiger partial charge < -0.3 is 19.1 Å². The topological polar surface area (TPSA) is 48.0 Å². The van der Waals surface area contributed by atoms with Gasteiger partial charge in [0.05, 0.1) is 32.0 Å². The predicted octanol–water partition coefficient (Wildman–Crippen LogP) is 2.72. The standard InChI is InChI=1S/C17H23NO4S/c1-3-9-21-13-6-5-12-15(13)22-10-8-18(12)17(19)16-14(20-4-2)7-11-23-16/h3,7,11-13,15H,1,4-6,8-10H2,2H3/t12-,13-,15-/m0/s1. The molecule has 3 rings (SSSR count). The molecule has 0 bridgehead atoms. The summed E-state index contributed by atoms with van der Waals surface area (Å²) in [5.74, 6) is 0.731. The van der Waals surface area contributed by atoms with E-state index in [1.807, 2.05) is 23.3 Å². The van der Waals surface area contributed by atoms with Crippen molar-refractivity contribution in [3.8, 4) is 5.75 Å². The van der Waals surface area contributed by atoms with Crippen molar-refractivity contribution in [1.82, 2.24) is 4.90 Å². The van der Waals surface area contributed by atoms with Crippen molar-refractivity contribution in [2.24, 2.45) is 0 Å². The van der Waals surface area contributed by atoms with Gasteiger partial charge in [0.2, 0.25) is 0 Å². The zero-order valence-electron chi connectivity index (χ0n) is 13.4. The van der Waals surface area contributed by atoms with Gasteiger partial charge in [0.1, 0.15) is 16.7 Å². The number of rotatable bonds is 6. The molecular weight excluding hydrogens is 314 g/mol. The Hall–Kier alpha value is -1.37. The summed E-state index contributed by atoms with van der Waals surface area (Å²) < 4.78 is 17.3. The Bertz CT molecular complexity index is 559. The molecule has 1 amide bonds. The number of thiophene rings is 1. The Kier molecular flexibility index (Phi) is 5.35. The minimum Gasteiger partial charge on any atom is -0.492 e. The third-order valence-corrected chi connectivity index (χ3v) is 5.23. The maximum Gasteiger partial charge on any atom is 0.268 e. The SMILES string of the molecule is C=CCO[C@H]1CC[C@H]2[C@@H]1OCCN2C(=O)c1sccc1OCC. The highest BCUT2D eigenvalue weighted by molar-refractivity contribution is 7.12. The molecule has 0 unspecified atom stereocenters. The summed E-state index contributed by atoms with van der Waals surface area (Å²) in [5.41, 5.74) is 0. The number of amides is 1. The van der Waals surface area contributed by atoms with E-state index in [4.69, 9.17) is 14.2 Å². The molecule has 1 aromatic rings. The highest BCUT2D eigenvalue weighted by atomic mass is 32.1. The summed E-state index contributed by atoms with van der Waals surface area (Å²) >= 11 is 1.44. The number of hydrogen-bond acceptors (Lipinski definition) is 5. The van der Waals surface area contributed by atoms with Crippen molar-refractivity contribution < 1.29 is 19.0 Å². The molecule has 0 aromatic carbocycles. The lowest BCUT2D eigenvalue weighted by molar-refractivity contribution is -0.100. The molecule has 0 radical (unpaired) electrons. The van der Waals surface area contributed by atoms with E-state index in [1.54, 1.807) is 6.08 Å². The summed E-state index contributed by atoms with van der Waals surface area (Å²) in [7, 11) is 0. The number of morpholine rings is 1. The van der Waals surface area contributed by atoms with Gasteiger partial charge >= 0.3 is 0 Å². The average Bonchev–Trinajstić information content (AvgIpc) is 3.19. The van der Waals surface area contributed by atoms with Gasteiger partial charge in [-0.25, -0.2) is 0 Å². The number of carbonyl (C=O) groups is 1. The van der Waals surface area contributed by atoms with E-state index in [2.05, 4.69) is 6.58 Å². The van der Waals surface area contributed by atoms with Crippen LogP contribution in [0.4, 0.5) is 0 Å². The maximum atomic E-state index is 13.0. The second kappa shape index (κ2) is 7.47. The zero-order chi connectivity index (χ0) is 16.2. The van der Waals surface area contributed by atoms with Crippen molar-refractivity contribution in [2.45, 2.75) is 38.0 Å². The van der Waals surface area contributed by atoms with E-state index in [0.717, 1.165) is 12.8 Å². The smallest absolute Gasteiger partial charge is 0.268 e. The normalized spacial score (nSPS) is 26.8. The first-order valence-electron chi connectivity index (χ1n) is 8.11. The number of hydrogen-bond donors (Lipinski definition) is 0. The molecule has 0 spiro atoms. The Labute approximate surface area is 140 Å². The van der Waals surface area contributed by atoms with Gasteiger partial charge in [-0.15, -0.1) is 17.9 Å². The quantitative estimate of drug-likeness (QED) is 0.749. The molecule has 2 heterocycles. The van der Waals surface area contributed by atoms with E-state index in [0.29, 0.717) is 37.0 Å². The molecule has 0 N–H and O–H groups in total. The van der Waals surface area contributed by atoms with Crippen LogP contribution in [-0.4, -0.2) is 55.4 Å². The second-order valence-corrected chi connectivity index (χ2v) is 6.60. The molecule has 2 fully saturated rings. The van der Waals surface area contributed by atoms with Crippen molar-refractivity contribution in [3.63, 3.8) is 0 Å². The number of fused-ring (bicyclic) bond motifs is 1. The van der Waals surface area contributed by atoms with Gasteiger partial charge in [-0.3, -0.25) is 4.79 Å². The van der Waals surface area contributed by atoms with Crippen LogP contribution in [0.2, 0.25) is 0 Å². The molecule has 23 heavy (non-hydrogen) atoms. The summed E-state index contributed by atoms with van der Waals surface area (Å²) in [5, 5.41) is 1.90. The fraction of sp³-hybridized carbons (Fsp3) is 0.588. The first-order chi connectivity index (χ1) is 11.3. The van der Waals surface area contributed by atoms with Crippen LogP contribution < -0.4 is 4.74 Å². The van der Waals surface area contributed by atoms with Crippen molar-refractivity contribution in [1.29, 1.82) is 0 Å². The van der Waals surface area contributed by atoms with Crippen molar-refractivity contribution >= 4 is 17.2 Å². The molecular formula is C17H23NO4S. The highest BCUT2D eigenvalue weighted by Crippen LogP contribution is 2.35.